The van der Waals surface area contributed by atoms with Crippen LogP contribution in [0.1, 0.15) is 11.1 Å². The van der Waals surface area contributed by atoms with Crippen LogP contribution in [0, 0.1) is 0 Å². The maximum Gasteiger partial charge on any atom is 0.196 e. The van der Waals surface area contributed by atoms with Crippen LogP contribution in [0.5, 0.6) is 23.0 Å². The summed E-state index contributed by atoms with van der Waals surface area (Å²) in [6.07, 6.45) is 3.71. The third-order valence-corrected chi connectivity index (χ3v) is 5.46. The highest BCUT2D eigenvalue weighted by Crippen LogP contribution is 2.37. The SMILES string of the molecule is COc1ccc(OC)c(C=C2CSC(=Cc3cc(OC)ccc3OC)C2=O)c1. The molecular formula is C22H22O5S. The fraction of sp³-hybridized carbons (Fsp3) is 0.227. The van der Waals surface area contributed by atoms with Gasteiger partial charge in [-0.1, -0.05) is 0 Å². The third kappa shape index (κ3) is 4.17. The van der Waals surface area contributed by atoms with E-state index >= 15 is 0 Å². The van der Waals surface area contributed by atoms with E-state index in [0.29, 0.717) is 39.2 Å². The van der Waals surface area contributed by atoms with Gasteiger partial charge >= 0.3 is 0 Å². The number of rotatable bonds is 6. The molecule has 0 amide bonds. The molecule has 0 spiro atoms. The van der Waals surface area contributed by atoms with Crippen molar-refractivity contribution in [3.05, 3.63) is 58.0 Å². The zero-order chi connectivity index (χ0) is 20.1. The molecule has 1 aliphatic rings. The van der Waals surface area contributed by atoms with Crippen molar-refractivity contribution >= 4 is 29.7 Å². The molecule has 146 valence electrons. The van der Waals surface area contributed by atoms with Crippen molar-refractivity contribution in [2.24, 2.45) is 0 Å². The number of Topliss-reactive ketones (excluding diaryl/α,β-unsaturated/α-hetero) is 1. The predicted molar refractivity (Wildman–Crippen MR) is 113 cm³/mol. The maximum absolute atomic E-state index is 12.9. The topological polar surface area (TPSA) is 54.0 Å². The van der Waals surface area contributed by atoms with Crippen molar-refractivity contribution < 1.29 is 23.7 Å². The van der Waals surface area contributed by atoms with Crippen LogP contribution in [0.3, 0.4) is 0 Å². The van der Waals surface area contributed by atoms with E-state index in [0.717, 1.165) is 11.1 Å². The van der Waals surface area contributed by atoms with E-state index in [4.69, 9.17) is 18.9 Å². The largest absolute Gasteiger partial charge is 0.497 e. The van der Waals surface area contributed by atoms with Gasteiger partial charge in [0.1, 0.15) is 23.0 Å². The average molecular weight is 398 g/mol. The lowest BCUT2D eigenvalue weighted by molar-refractivity contribution is -0.111. The van der Waals surface area contributed by atoms with Crippen LogP contribution in [0.4, 0.5) is 0 Å². The first-order valence-electron chi connectivity index (χ1n) is 8.63. The van der Waals surface area contributed by atoms with Gasteiger partial charge in [-0.2, -0.15) is 0 Å². The number of benzene rings is 2. The molecule has 0 N–H and O–H groups in total. The molecule has 28 heavy (non-hydrogen) atoms. The van der Waals surface area contributed by atoms with E-state index in [1.54, 1.807) is 28.4 Å². The first kappa shape index (κ1) is 19.9. The van der Waals surface area contributed by atoms with Gasteiger partial charge < -0.3 is 18.9 Å². The minimum atomic E-state index is -0.000235. The summed E-state index contributed by atoms with van der Waals surface area (Å²) in [7, 11) is 6.43. The molecule has 0 aliphatic carbocycles. The Hall–Kier alpha value is -2.86. The smallest absolute Gasteiger partial charge is 0.196 e. The normalized spacial score (nSPS) is 16.5. The summed E-state index contributed by atoms with van der Waals surface area (Å²) in [6.45, 7) is 0. The molecule has 0 bridgehead atoms. The molecule has 2 aromatic carbocycles. The summed E-state index contributed by atoms with van der Waals surface area (Å²) >= 11 is 1.50. The van der Waals surface area contributed by atoms with E-state index in [9.17, 15) is 4.79 Å². The summed E-state index contributed by atoms with van der Waals surface area (Å²) in [5, 5.41) is 0. The van der Waals surface area contributed by atoms with Crippen molar-refractivity contribution in [3.63, 3.8) is 0 Å². The standard InChI is InChI=1S/C22H22O5S/c1-24-17-5-7-19(26-3)14(10-17)9-16-13-28-21(22(16)23)12-15-11-18(25-2)6-8-20(15)27-4/h5-12H,13H2,1-4H3. The Labute approximate surface area is 168 Å². The lowest BCUT2D eigenvalue weighted by atomic mass is 10.1. The predicted octanol–water partition coefficient (Wildman–Crippen LogP) is 4.46. The van der Waals surface area contributed by atoms with Gasteiger partial charge in [0.25, 0.3) is 0 Å². The number of ketones is 1. The molecule has 1 saturated heterocycles. The average Bonchev–Trinajstić information content (AvgIpc) is 3.07. The second kappa shape index (κ2) is 8.89. The molecule has 0 aromatic heterocycles. The van der Waals surface area contributed by atoms with Crippen molar-refractivity contribution in [1.82, 2.24) is 0 Å². The quantitative estimate of drug-likeness (QED) is 0.670. The fourth-order valence-corrected chi connectivity index (χ4v) is 3.89. The molecule has 2 aromatic rings. The van der Waals surface area contributed by atoms with Gasteiger partial charge in [-0.15, -0.1) is 11.8 Å². The molecule has 1 heterocycles. The number of carbonyl (C=O) groups is 1. The molecule has 1 aliphatic heterocycles. The van der Waals surface area contributed by atoms with Gasteiger partial charge in [0.05, 0.1) is 33.3 Å². The highest BCUT2D eigenvalue weighted by molar-refractivity contribution is 8.05. The molecule has 0 radical (unpaired) electrons. The van der Waals surface area contributed by atoms with Crippen LogP contribution in [0.2, 0.25) is 0 Å². The summed E-state index contributed by atoms with van der Waals surface area (Å²) in [6, 6.07) is 11.0. The number of thioether (sulfide) groups is 1. The molecule has 3 rings (SSSR count). The van der Waals surface area contributed by atoms with Crippen LogP contribution in [0.25, 0.3) is 12.2 Å². The number of hydrogen-bond acceptors (Lipinski definition) is 6. The van der Waals surface area contributed by atoms with Crippen LogP contribution >= 0.6 is 11.8 Å². The van der Waals surface area contributed by atoms with Crippen molar-refractivity contribution in [1.29, 1.82) is 0 Å². The second-order valence-electron chi connectivity index (χ2n) is 6.01. The summed E-state index contributed by atoms with van der Waals surface area (Å²) in [5.74, 6) is 3.39. The Morgan fingerprint density at radius 2 is 1.32 bits per heavy atom. The van der Waals surface area contributed by atoms with Gasteiger partial charge in [0.15, 0.2) is 5.78 Å². The molecule has 5 nitrogen and oxygen atoms in total. The molecule has 6 heteroatoms. The number of carbonyl (C=O) groups excluding carboxylic acids is 1. The maximum atomic E-state index is 12.9. The van der Waals surface area contributed by atoms with E-state index in [2.05, 4.69) is 0 Å². The molecule has 0 atom stereocenters. The minimum absolute atomic E-state index is 0.000235. The zero-order valence-corrected chi connectivity index (χ0v) is 17.1. The summed E-state index contributed by atoms with van der Waals surface area (Å²) in [4.78, 5) is 13.6. The van der Waals surface area contributed by atoms with E-state index in [1.165, 1.54) is 11.8 Å². The highest BCUT2D eigenvalue weighted by Gasteiger charge is 2.25. The summed E-state index contributed by atoms with van der Waals surface area (Å²) in [5.41, 5.74) is 2.33. The molecule has 0 unspecified atom stereocenters. The van der Waals surface area contributed by atoms with Crippen LogP contribution in [-0.2, 0) is 4.79 Å². The number of methoxy groups -OCH3 is 4. The van der Waals surface area contributed by atoms with Crippen LogP contribution < -0.4 is 18.9 Å². The monoisotopic (exact) mass is 398 g/mol. The van der Waals surface area contributed by atoms with Crippen molar-refractivity contribution in [2.45, 2.75) is 0 Å². The Morgan fingerprint density at radius 3 is 1.82 bits per heavy atom. The van der Waals surface area contributed by atoms with E-state index in [1.807, 2.05) is 48.6 Å². The third-order valence-electron chi connectivity index (χ3n) is 4.39. The lowest BCUT2D eigenvalue weighted by Crippen LogP contribution is -1.98. The van der Waals surface area contributed by atoms with Gasteiger partial charge in [-0.3, -0.25) is 4.79 Å². The van der Waals surface area contributed by atoms with Gasteiger partial charge in [-0.05, 0) is 48.6 Å². The van der Waals surface area contributed by atoms with E-state index < -0.39 is 0 Å². The number of allylic oxidation sites excluding steroid dienone is 1. The fourth-order valence-electron chi connectivity index (χ4n) is 2.89. The Balaban J connectivity index is 1.94. The summed E-state index contributed by atoms with van der Waals surface area (Å²) < 4.78 is 21.4. The molecule has 0 saturated carbocycles. The molecular weight excluding hydrogens is 376 g/mol. The zero-order valence-electron chi connectivity index (χ0n) is 16.3. The Kier molecular flexibility index (Phi) is 6.31. The Morgan fingerprint density at radius 1 is 0.786 bits per heavy atom. The molecule has 1 fully saturated rings. The van der Waals surface area contributed by atoms with Crippen molar-refractivity contribution in [2.75, 3.05) is 34.2 Å². The van der Waals surface area contributed by atoms with Gasteiger partial charge in [0, 0.05) is 22.5 Å². The van der Waals surface area contributed by atoms with Crippen LogP contribution in [0.15, 0.2) is 46.9 Å². The first-order valence-corrected chi connectivity index (χ1v) is 9.62. The first-order chi connectivity index (χ1) is 13.6. The lowest BCUT2D eigenvalue weighted by Gasteiger charge is -2.08. The van der Waals surface area contributed by atoms with E-state index in [-0.39, 0.29) is 5.78 Å². The minimum Gasteiger partial charge on any atom is -0.497 e. The number of hydrogen-bond donors (Lipinski definition) is 0. The second-order valence-corrected chi connectivity index (χ2v) is 7.03. The Bertz CT molecular complexity index is 870. The van der Waals surface area contributed by atoms with Gasteiger partial charge in [0.2, 0.25) is 0 Å². The van der Waals surface area contributed by atoms with Crippen LogP contribution in [-0.4, -0.2) is 40.0 Å². The highest BCUT2D eigenvalue weighted by atomic mass is 32.2. The number of ether oxygens (including phenoxy) is 4. The van der Waals surface area contributed by atoms with Gasteiger partial charge in [-0.25, -0.2) is 0 Å². The van der Waals surface area contributed by atoms with Crippen molar-refractivity contribution in [3.8, 4) is 23.0 Å².